The van der Waals surface area contributed by atoms with Crippen molar-refractivity contribution in [1.29, 1.82) is 0 Å². The van der Waals surface area contributed by atoms with Crippen molar-refractivity contribution in [1.82, 2.24) is 9.97 Å². The highest BCUT2D eigenvalue weighted by Gasteiger charge is 2.34. The van der Waals surface area contributed by atoms with E-state index in [4.69, 9.17) is 4.74 Å². The molecule has 1 aliphatic heterocycles. The first-order valence-electron chi connectivity index (χ1n) is 6.94. The molecule has 0 aromatic carbocycles. The summed E-state index contributed by atoms with van der Waals surface area (Å²) in [7, 11) is 0. The molecule has 0 radical (unpaired) electrons. The van der Waals surface area contributed by atoms with Gasteiger partial charge in [-0.15, -0.1) is 0 Å². The summed E-state index contributed by atoms with van der Waals surface area (Å²) in [5.41, 5.74) is -1.09. The quantitative estimate of drug-likeness (QED) is 0.809. The standard InChI is InChI=1S/C15H13F4N3O/c16-13-4-11(15(17,18)19)5-21-14(13)22-7-10(8-22)9-23-12-2-1-3-20-6-12/h1-6,10H,7-9H2. The van der Waals surface area contributed by atoms with Crippen molar-refractivity contribution in [2.45, 2.75) is 6.18 Å². The molecule has 3 rings (SSSR count). The SMILES string of the molecule is Fc1cc(C(F)(F)F)cnc1N1CC(COc2cccnc2)C1. The Labute approximate surface area is 129 Å². The molecule has 0 spiro atoms. The van der Waals surface area contributed by atoms with E-state index >= 15 is 0 Å². The molecule has 1 aliphatic rings. The summed E-state index contributed by atoms with van der Waals surface area (Å²) in [6.45, 7) is 1.40. The molecule has 3 heterocycles. The Morgan fingerprint density at radius 2 is 2.04 bits per heavy atom. The molecule has 0 bridgehead atoms. The molecular weight excluding hydrogens is 314 g/mol. The van der Waals surface area contributed by atoms with Crippen LogP contribution in [0.2, 0.25) is 0 Å². The number of anilines is 1. The number of rotatable bonds is 4. The van der Waals surface area contributed by atoms with E-state index in [2.05, 4.69) is 9.97 Å². The molecule has 2 aromatic heterocycles. The summed E-state index contributed by atoms with van der Waals surface area (Å²) in [5.74, 6) is -0.217. The summed E-state index contributed by atoms with van der Waals surface area (Å²) >= 11 is 0. The van der Waals surface area contributed by atoms with E-state index in [1.54, 1.807) is 29.4 Å². The van der Waals surface area contributed by atoms with E-state index in [1.165, 1.54) is 0 Å². The zero-order valence-corrected chi connectivity index (χ0v) is 11.9. The molecule has 0 amide bonds. The highest BCUT2D eigenvalue weighted by Crippen LogP contribution is 2.32. The van der Waals surface area contributed by atoms with Crippen molar-refractivity contribution < 1.29 is 22.3 Å². The lowest BCUT2D eigenvalue weighted by Gasteiger charge is -2.40. The van der Waals surface area contributed by atoms with Crippen molar-refractivity contribution in [3.8, 4) is 5.75 Å². The first kappa shape index (κ1) is 15.5. The fraction of sp³-hybridized carbons (Fsp3) is 0.333. The lowest BCUT2D eigenvalue weighted by Crippen LogP contribution is -2.50. The monoisotopic (exact) mass is 327 g/mol. The normalized spacial score (nSPS) is 15.4. The largest absolute Gasteiger partial charge is 0.492 e. The van der Waals surface area contributed by atoms with Gasteiger partial charge in [0.2, 0.25) is 0 Å². The lowest BCUT2D eigenvalue weighted by atomic mass is 10.0. The van der Waals surface area contributed by atoms with Gasteiger partial charge in [-0.1, -0.05) is 0 Å². The van der Waals surface area contributed by atoms with Gasteiger partial charge in [-0.2, -0.15) is 13.2 Å². The van der Waals surface area contributed by atoms with Gasteiger partial charge in [0, 0.05) is 31.4 Å². The van der Waals surface area contributed by atoms with Gasteiger partial charge < -0.3 is 9.64 Å². The first-order valence-corrected chi connectivity index (χ1v) is 6.94. The number of nitrogens with zero attached hydrogens (tertiary/aromatic N) is 3. The van der Waals surface area contributed by atoms with Gasteiger partial charge in [0.25, 0.3) is 0 Å². The van der Waals surface area contributed by atoms with Gasteiger partial charge in [-0.05, 0) is 18.2 Å². The van der Waals surface area contributed by atoms with Gasteiger partial charge in [0.05, 0.1) is 18.4 Å². The second kappa shape index (κ2) is 6.02. The number of halogens is 4. The molecule has 0 saturated carbocycles. The Morgan fingerprint density at radius 1 is 1.26 bits per heavy atom. The molecule has 0 aliphatic carbocycles. The predicted molar refractivity (Wildman–Crippen MR) is 74.6 cm³/mol. The summed E-state index contributed by atoms with van der Waals surface area (Å²) in [5, 5.41) is 0. The average Bonchev–Trinajstić information content (AvgIpc) is 2.47. The minimum atomic E-state index is -4.60. The predicted octanol–water partition coefficient (Wildman–Crippen LogP) is 3.15. The maximum Gasteiger partial charge on any atom is 0.417 e. The molecule has 23 heavy (non-hydrogen) atoms. The maximum absolute atomic E-state index is 13.8. The molecule has 4 nitrogen and oxygen atoms in total. The molecule has 1 fully saturated rings. The Morgan fingerprint density at radius 3 is 2.65 bits per heavy atom. The van der Waals surface area contributed by atoms with Crippen LogP contribution in [0.15, 0.2) is 36.8 Å². The molecule has 1 saturated heterocycles. The van der Waals surface area contributed by atoms with Crippen molar-refractivity contribution >= 4 is 5.82 Å². The minimum Gasteiger partial charge on any atom is -0.492 e. The molecule has 2 aromatic rings. The molecular formula is C15H13F4N3O. The first-order chi connectivity index (χ1) is 10.9. The second-order valence-corrected chi connectivity index (χ2v) is 5.30. The van der Waals surface area contributed by atoms with Crippen LogP contribution in [0.4, 0.5) is 23.4 Å². The number of alkyl halides is 3. The summed E-state index contributed by atoms with van der Waals surface area (Å²) < 4.78 is 56.8. The van der Waals surface area contributed by atoms with Gasteiger partial charge >= 0.3 is 6.18 Å². The average molecular weight is 327 g/mol. The third kappa shape index (κ3) is 3.52. The zero-order chi connectivity index (χ0) is 16.4. The molecule has 0 atom stereocenters. The number of hydrogen-bond donors (Lipinski definition) is 0. The van der Waals surface area contributed by atoms with Crippen LogP contribution in [0.25, 0.3) is 0 Å². The van der Waals surface area contributed by atoms with Gasteiger partial charge in [-0.3, -0.25) is 4.98 Å². The smallest absolute Gasteiger partial charge is 0.417 e. The van der Waals surface area contributed by atoms with Crippen LogP contribution in [-0.4, -0.2) is 29.7 Å². The van der Waals surface area contributed by atoms with Gasteiger partial charge in [0.15, 0.2) is 11.6 Å². The third-order valence-corrected chi connectivity index (χ3v) is 3.53. The number of ether oxygens (including phenoxy) is 1. The van der Waals surface area contributed by atoms with E-state index in [0.29, 0.717) is 37.7 Å². The molecule has 8 heteroatoms. The number of hydrogen-bond acceptors (Lipinski definition) is 4. The fourth-order valence-corrected chi connectivity index (χ4v) is 2.31. The zero-order valence-electron chi connectivity index (χ0n) is 11.9. The number of aromatic nitrogens is 2. The molecule has 122 valence electrons. The van der Waals surface area contributed by atoms with Crippen LogP contribution in [0, 0.1) is 11.7 Å². The summed E-state index contributed by atoms with van der Waals surface area (Å²) in [6, 6.07) is 4.01. The number of pyridine rings is 2. The van der Waals surface area contributed by atoms with E-state index in [1.807, 2.05) is 0 Å². The van der Waals surface area contributed by atoms with Gasteiger partial charge in [-0.25, -0.2) is 9.37 Å². The molecule has 0 N–H and O–H groups in total. The minimum absolute atomic E-state index is 0.0596. The van der Waals surface area contributed by atoms with Crippen molar-refractivity contribution in [2.24, 2.45) is 5.92 Å². The van der Waals surface area contributed by atoms with Crippen molar-refractivity contribution in [3.63, 3.8) is 0 Å². The second-order valence-electron chi connectivity index (χ2n) is 5.30. The van der Waals surface area contributed by atoms with Crippen LogP contribution in [-0.2, 0) is 6.18 Å². The topological polar surface area (TPSA) is 38.2 Å². The lowest BCUT2D eigenvalue weighted by molar-refractivity contribution is -0.138. The van der Waals surface area contributed by atoms with Crippen LogP contribution in [0.5, 0.6) is 5.75 Å². The van der Waals surface area contributed by atoms with Crippen LogP contribution in [0.3, 0.4) is 0 Å². The Bertz CT molecular complexity index is 672. The molecule has 0 unspecified atom stereocenters. The Kier molecular flexibility index (Phi) is 4.06. The van der Waals surface area contributed by atoms with E-state index < -0.39 is 17.6 Å². The summed E-state index contributed by atoms with van der Waals surface area (Å²) in [6.07, 6.45) is -0.718. The van der Waals surface area contributed by atoms with Crippen molar-refractivity contribution in [3.05, 3.63) is 48.2 Å². The van der Waals surface area contributed by atoms with Crippen LogP contribution >= 0.6 is 0 Å². The van der Waals surface area contributed by atoms with Crippen LogP contribution in [0.1, 0.15) is 5.56 Å². The van der Waals surface area contributed by atoms with E-state index in [-0.39, 0.29) is 11.7 Å². The highest BCUT2D eigenvalue weighted by atomic mass is 19.4. The highest BCUT2D eigenvalue weighted by molar-refractivity contribution is 5.44. The van der Waals surface area contributed by atoms with Gasteiger partial charge in [0.1, 0.15) is 5.75 Å². The van der Waals surface area contributed by atoms with Crippen LogP contribution < -0.4 is 9.64 Å². The third-order valence-electron chi connectivity index (χ3n) is 3.53. The fourth-order valence-electron chi connectivity index (χ4n) is 2.31. The Balaban J connectivity index is 1.55. The maximum atomic E-state index is 13.8. The van der Waals surface area contributed by atoms with E-state index in [9.17, 15) is 17.6 Å². The van der Waals surface area contributed by atoms with E-state index in [0.717, 1.165) is 0 Å². The summed E-state index contributed by atoms with van der Waals surface area (Å²) in [4.78, 5) is 9.11. The van der Waals surface area contributed by atoms with Crippen molar-refractivity contribution in [2.75, 3.05) is 24.6 Å². The Hall–Kier alpha value is -2.38.